The van der Waals surface area contributed by atoms with Crippen molar-refractivity contribution in [2.75, 3.05) is 33.2 Å². The molecular formula is C28H29N5O. The van der Waals surface area contributed by atoms with Gasteiger partial charge in [-0.2, -0.15) is 0 Å². The van der Waals surface area contributed by atoms with Gasteiger partial charge in [-0.15, -0.1) is 0 Å². The third kappa shape index (κ3) is 5.14. The van der Waals surface area contributed by atoms with Gasteiger partial charge in [0.2, 0.25) is 0 Å². The van der Waals surface area contributed by atoms with Gasteiger partial charge >= 0.3 is 0 Å². The summed E-state index contributed by atoms with van der Waals surface area (Å²) < 4.78 is 0. The van der Waals surface area contributed by atoms with Crippen molar-refractivity contribution in [1.29, 1.82) is 0 Å². The van der Waals surface area contributed by atoms with Crippen LogP contribution in [0.5, 0.6) is 0 Å². The molecule has 1 aliphatic heterocycles. The van der Waals surface area contributed by atoms with Crippen LogP contribution in [0.25, 0.3) is 22.2 Å². The number of hydrogen-bond donors (Lipinski definition) is 1. The average molecular weight is 452 g/mol. The second-order valence-electron chi connectivity index (χ2n) is 8.89. The summed E-state index contributed by atoms with van der Waals surface area (Å²) in [7, 11) is 2.17. The van der Waals surface area contributed by atoms with Crippen molar-refractivity contribution in [3.63, 3.8) is 0 Å². The van der Waals surface area contributed by atoms with Crippen LogP contribution in [0.1, 0.15) is 21.5 Å². The number of para-hydroxylation sites is 1. The summed E-state index contributed by atoms with van der Waals surface area (Å²) in [5.74, 6) is -0.0987. The number of carbonyl (C=O) groups excluding carboxylic acids is 1. The molecule has 1 fully saturated rings. The zero-order valence-corrected chi connectivity index (χ0v) is 19.4. The molecule has 1 amide bonds. The van der Waals surface area contributed by atoms with Crippen molar-refractivity contribution < 1.29 is 4.79 Å². The van der Waals surface area contributed by atoms with Gasteiger partial charge in [-0.05, 0) is 42.4 Å². The van der Waals surface area contributed by atoms with Crippen LogP contribution in [0.3, 0.4) is 0 Å². The van der Waals surface area contributed by atoms with E-state index in [2.05, 4.69) is 51.4 Å². The van der Waals surface area contributed by atoms with Crippen molar-refractivity contribution in [2.24, 2.45) is 0 Å². The molecule has 5 rings (SSSR count). The van der Waals surface area contributed by atoms with Gasteiger partial charge in [0.1, 0.15) is 0 Å². The lowest BCUT2D eigenvalue weighted by atomic mass is 10.0. The molecule has 1 N–H and O–H groups in total. The van der Waals surface area contributed by atoms with Crippen molar-refractivity contribution >= 4 is 16.8 Å². The van der Waals surface area contributed by atoms with Gasteiger partial charge in [0.25, 0.3) is 5.91 Å². The van der Waals surface area contributed by atoms with E-state index < -0.39 is 0 Å². The van der Waals surface area contributed by atoms with Gasteiger partial charge in [-0.3, -0.25) is 14.7 Å². The highest BCUT2D eigenvalue weighted by Gasteiger charge is 2.15. The van der Waals surface area contributed by atoms with Gasteiger partial charge in [-0.25, -0.2) is 4.98 Å². The monoisotopic (exact) mass is 451 g/mol. The predicted molar refractivity (Wildman–Crippen MR) is 135 cm³/mol. The molecule has 0 bridgehead atoms. The number of aromatic nitrogens is 2. The number of hydrogen-bond acceptors (Lipinski definition) is 5. The first-order chi connectivity index (χ1) is 16.7. The Balaban J connectivity index is 1.32. The Morgan fingerprint density at radius 2 is 1.68 bits per heavy atom. The van der Waals surface area contributed by atoms with E-state index in [4.69, 9.17) is 4.98 Å². The quantitative estimate of drug-likeness (QED) is 0.481. The molecule has 0 atom stereocenters. The van der Waals surface area contributed by atoms with E-state index in [-0.39, 0.29) is 5.91 Å². The number of pyridine rings is 2. The Bertz CT molecular complexity index is 1280. The summed E-state index contributed by atoms with van der Waals surface area (Å²) in [6.07, 6.45) is 3.47. The molecule has 0 radical (unpaired) electrons. The topological polar surface area (TPSA) is 61.4 Å². The molecule has 172 valence electrons. The smallest absolute Gasteiger partial charge is 0.252 e. The minimum atomic E-state index is -0.0987. The zero-order chi connectivity index (χ0) is 23.3. The predicted octanol–water partition coefficient (Wildman–Crippen LogP) is 3.97. The molecular weight excluding hydrogens is 422 g/mol. The van der Waals surface area contributed by atoms with Crippen LogP contribution in [-0.2, 0) is 13.1 Å². The second kappa shape index (κ2) is 10.1. The van der Waals surface area contributed by atoms with Crippen LogP contribution in [0.15, 0.2) is 79.1 Å². The minimum Gasteiger partial charge on any atom is -0.348 e. The van der Waals surface area contributed by atoms with E-state index in [1.165, 1.54) is 5.56 Å². The fourth-order valence-electron chi connectivity index (χ4n) is 4.41. The minimum absolute atomic E-state index is 0.0987. The molecule has 0 spiro atoms. The fourth-order valence-corrected chi connectivity index (χ4v) is 4.41. The fraction of sp³-hybridized carbons (Fsp3) is 0.250. The largest absolute Gasteiger partial charge is 0.348 e. The first-order valence-corrected chi connectivity index (χ1v) is 11.7. The van der Waals surface area contributed by atoms with E-state index in [9.17, 15) is 4.79 Å². The van der Waals surface area contributed by atoms with Crippen LogP contribution >= 0.6 is 0 Å². The number of carbonyl (C=O) groups is 1. The number of rotatable bonds is 6. The first kappa shape index (κ1) is 22.2. The van der Waals surface area contributed by atoms with Crippen LogP contribution in [0, 0.1) is 0 Å². The molecule has 6 heteroatoms. The van der Waals surface area contributed by atoms with Gasteiger partial charge < -0.3 is 10.2 Å². The van der Waals surface area contributed by atoms with E-state index in [1.54, 1.807) is 12.4 Å². The van der Waals surface area contributed by atoms with Gasteiger partial charge in [0, 0.05) is 62.6 Å². The molecule has 0 unspecified atom stereocenters. The Morgan fingerprint density at radius 3 is 2.50 bits per heavy atom. The third-order valence-electron chi connectivity index (χ3n) is 6.38. The molecule has 6 nitrogen and oxygen atoms in total. The number of likely N-dealkylation sites (N-methyl/N-ethyl adjacent to an activating group) is 1. The normalized spacial score (nSPS) is 14.9. The number of fused-ring (bicyclic) bond motifs is 1. The molecule has 0 aliphatic carbocycles. The third-order valence-corrected chi connectivity index (χ3v) is 6.38. The summed E-state index contributed by atoms with van der Waals surface area (Å²) in [6.45, 7) is 5.82. The molecule has 34 heavy (non-hydrogen) atoms. The highest BCUT2D eigenvalue weighted by atomic mass is 16.1. The molecule has 4 aromatic rings. The van der Waals surface area contributed by atoms with Crippen LogP contribution in [0.4, 0.5) is 0 Å². The molecule has 0 saturated carbocycles. The average Bonchev–Trinajstić information content (AvgIpc) is 2.89. The SMILES string of the molecule is CN1CCN(Cc2cccc(CNC(=O)c3cc(-c4ccncc4)nc4ccccc34)c2)CC1. The van der Waals surface area contributed by atoms with E-state index in [0.29, 0.717) is 12.1 Å². The van der Waals surface area contributed by atoms with Crippen molar-refractivity contribution in [3.8, 4) is 11.3 Å². The van der Waals surface area contributed by atoms with Gasteiger partial charge in [-0.1, -0.05) is 42.5 Å². The lowest BCUT2D eigenvalue weighted by Gasteiger charge is -2.32. The maximum atomic E-state index is 13.3. The number of nitrogens with zero attached hydrogens (tertiary/aromatic N) is 4. The number of nitrogens with one attached hydrogen (secondary N) is 1. The molecule has 3 heterocycles. The van der Waals surface area contributed by atoms with Crippen LogP contribution in [-0.4, -0.2) is 58.9 Å². The first-order valence-electron chi connectivity index (χ1n) is 11.7. The maximum Gasteiger partial charge on any atom is 0.252 e. The Labute approximate surface area is 200 Å². The Hall–Kier alpha value is -3.61. The highest BCUT2D eigenvalue weighted by molar-refractivity contribution is 6.07. The summed E-state index contributed by atoms with van der Waals surface area (Å²) >= 11 is 0. The molecule has 1 saturated heterocycles. The summed E-state index contributed by atoms with van der Waals surface area (Å²) in [5.41, 5.74) is 5.52. The standard InChI is InChI=1S/C28H29N5O/c1-32-13-15-33(16-14-32)20-22-6-4-5-21(17-22)19-30-28(34)25-18-27(23-9-11-29-12-10-23)31-26-8-3-2-7-24(25)26/h2-12,17-18H,13-16,19-20H2,1H3,(H,30,34). The van der Waals surface area contributed by atoms with Crippen molar-refractivity contribution in [2.45, 2.75) is 13.1 Å². The number of benzene rings is 2. The van der Waals surface area contributed by atoms with E-state index in [0.717, 1.165) is 60.4 Å². The zero-order valence-electron chi connectivity index (χ0n) is 19.4. The summed E-state index contributed by atoms with van der Waals surface area (Å²) in [4.78, 5) is 27.0. The lowest BCUT2D eigenvalue weighted by molar-refractivity contribution is 0.0952. The van der Waals surface area contributed by atoms with E-state index in [1.807, 2.05) is 42.5 Å². The Morgan fingerprint density at radius 1 is 0.912 bits per heavy atom. The van der Waals surface area contributed by atoms with Crippen LogP contribution in [0.2, 0.25) is 0 Å². The highest BCUT2D eigenvalue weighted by Crippen LogP contribution is 2.24. The maximum absolute atomic E-state index is 13.3. The van der Waals surface area contributed by atoms with Crippen LogP contribution < -0.4 is 5.32 Å². The summed E-state index contributed by atoms with van der Waals surface area (Å²) in [5, 5.41) is 3.97. The second-order valence-corrected chi connectivity index (χ2v) is 8.89. The van der Waals surface area contributed by atoms with Crippen molar-refractivity contribution in [1.82, 2.24) is 25.1 Å². The lowest BCUT2D eigenvalue weighted by Crippen LogP contribution is -2.43. The molecule has 2 aromatic carbocycles. The molecule has 1 aliphatic rings. The number of amides is 1. The van der Waals surface area contributed by atoms with E-state index >= 15 is 0 Å². The Kier molecular flexibility index (Phi) is 6.60. The van der Waals surface area contributed by atoms with Gasteiger partial charge in [0.05, 0.1) is 16.8 Å². The summed E-state index contributed by atoms with van der Waals surface area (Å²) in [6, 6.07) is 22.0. The van der Waals surface area contributed by atoms with Gasteiger partial charge in [0.15, 0.2) is 0 Å². The van der Waals surface area contributed by atoms with Crippen molar-refractivity contribution in [3.05, 3.63) is 95.8 Å². The molecule has 2 aromatic heterocycles. The number of piperazine rings is 1.